The highest BCUT2D eigenvalue weighted by atomic mass is 32.2. The van der Waals surface area contributed by atoms with E-state index >= 15 is 0 Å². The number of H-pyrrole nitrogens is 1. The molecule has 0 atom stereocenters. The lowest BCUT2D eigenvalue weighted by Crippen LogP contribution is -2.16. The number of nitrogens with zero attached hydrogens (tertiary/aromatic N) is 3. The summed E-state index contributed by atoms with van der Waals surface area (Å²) in [7, 11) is -4.76. The van der Waals surface area contributed by atoms with Crippen molar-refractivity contribution in [3.8, 4) is 0 Å². The first kappa shape index (κ1) is 15.3. The van der Waals surface area contributed by atoms with Crippen LogP contribution in [0.15, 0.2) is 27.9 Å². The van der Waals surface area contributed by atoms with Crippen LogP contribution < -0.4 is 16.7 Å². The van der Waals surface area contributed by atoms with Crippen LogP contribution in [0.3, 0.4) is 0 Å². The zero-order chi connectivity index (χ0) is 16.5. The van der Waals surface area contributed by atoms with Crippen molar-refractivity contribution < 1.29 is 17.9 Å². The zero-order valence-electron chi connectivity index (χ0n) is 10.5. The first-order valence-corrected chi connectivity index (χ1v) is 6.87. The second-order valence-corrected chi connectivity index (χ2v) is 5.29. The summed E-state index contributed by atoms with van der Waals surface area (Å²) in [4.78, 5) is 29.3. The van der Waals surface area contributed by atoms with Crippen molar-refractivity contribution in [3.05, 3.63) is 38.8 Å². The molecular weight excluding hydrogens is 320 g/mol. The van der Waals surface area contributed by atoms with Gasteiger partial charge in [0.25, 0.3) is 5.69 Å². The van der Waals surface area contributed by atoms with Gasteiger partial charge in [-0.2, -0.15) is 18.4 Å². The molecule has 13 heteroatoms. The molecule has 0 amide bonds. The number of hydrogen-bond donors (Lipinski definition) is 4. The fourth-order valence-electron chi connectivity index (χ4n) is 1.54. The molecule has 0 spiro atoms. The van der Waals surface area contributed by atoms with Crippen LogP contribution in [-0.4, -0.2) is 32.8 Å². The number of benzene rings is 1. The van der Waals surface area contributed by atoms with Crippen LogP contribution in [0.25, 0.3) is 0 Å². The van der Waals surface area contributed by atoms with Gasteiger partial charge in [-0.25, -0.2) is 4.79 Å². The van der Waals surface area contributed by atoms with Crippen molar-refractivity contribution in [2.75, 3.05) is 11.1 Å². The van der Waals surface area contributed by atoms with E-state index in [4.69, 9.17) is 10.3 Å². The van der Waals surface area contributed by atoms with Gasteiger partial charge in [0.15, 0.2) is 4.90 Å². The van der Waals surface area contributed by atoms with E-state index in [0.717, 1.165) is 18.2 Å². The lowest BCUT2D eigenvalue weighted by Gasteiger charge is -2.06. The molecule has 2 rings (SSSR count). The number of aromatic nitrogens is 3. The summed E-state index contributed by atoms with van der Waals surface area (Å²) in [6, 6.07) is 2.78. The summed E-state index contributed by atoms with van der Waals surface area (Å²) < 4.78 is 31.1. The first-order valence-electron chi connectivity index (χ1n) is 5.43. The smallest absolute Gasteiger partial charge is 0.350 e. The van der Waals surface area contributed by atoms with Crippen molar-refractivity contribution in [2.24, 2.45) is 0 Å². The number of nitro groups is 1. The van der Waals surface area contributed by atoms with Gasteiger partial charge >= 0.3 is 15.8 Å². The number of rotatable bonds is 4. The van der Waals surface area contributed by atoms with E-state index < -0.39 is 31.3 Å². The normalized spacial score (nSPS) is 11.1. The molecule has 0 aliphatic rings. The van der Waals surface area contributed by atoms with Gasteiger partial charge in [0.05, 0.1) is 4.92 Å². The van der Waals surface area contributed by atoms with Crippen LogP contribution in [-0.2, 0) is 10.1 Å². The third-order valence-corrected chi connectivity index (χ3v) is 3.26. The summed E-state index contributed by atoms with van der Waals surface area (Å²) in [6.45, 7) is 0. The molecule has 0 saturated carbocycles. The SMILES string of the molecule is Nc1nc(Nc2ccc(S(=O)(=O)O)c([N+](=O)[O-])c2)nc(=O)[nH]1. The van der Waals surface area contributed by atoms with Gasteiger partial charge in [-0.3, -0.25) is 19.7 Å². The van der Waals surface area contributed by atoms with Crippen molar-refractivity contribution in [2.45, 2.75) is 4.90 Å². The van der Waals surface area contributed by atoms with Gasteiger partial charge in [-0.15, -0.1) is 0 Å². The summed E-state index contributed by atoms with van der Waals surface area (Å²) >= 11 is 0. The van der Waals surface area contributed by atoms with Crippen LogP contribution in [0.2, 0.25) is 0 Å². The molecule has 1 heterocycles. The summed E-state index contributed by atoms with van der Waals surface area (Å²) in [5.74, 6) is -0.471. The number of aromatic amines is 1. The van der Waals surface area contributed by atoms with E-state index in [2.05, 4.69) is 20.3 Å². The third-order valence-electron chi connectivity index (χ3n) is 2.36. The second kappa shape index (κ2) is 5.38. The molecule has 5 N–H and O–H groups in total. The minimum absolute atomic E-state index is 0.0177. The maximum absolute atomic E-state index is 11.1. The average molecular weight is 328 g/mol. The molecule has 0 unspecified atom stereocenters. The van der Waals surface area contributed by atoms with Crippen LogP contribution in [0.4, 0.5) is 23.3 Å². The highest BCUT2D eigenvalue weighted by Gasteiger charge is 2.24. The lowest BCUT2D eigenvalue weighted by molar-refractivity contribution is -0.387. The molecule has 2 aromatic rings. The van der Waals surface area contributed by atoms with Gasteiger partial charge in [-0.1, -0.05) is 0 Å². The second-order valence-electron chi connectivity index (χ2n) is 3.90. The van der Waals surface area contributed by atoms with Crippen molar-refractivity contribution in [1.82, 2.24) is 15.0 Å². The third kappa shape index (κ3) is 3.33. The number of anilines is 3. The number of nitro benzene ring substituents is 1. The summed E-state index contributed by atoms with van der Waals surface area (Å²) in [5.41, 5.74) is 3.67. The molecule has 0 bridgehead atoms. The van der Waals surface area contributed by atoms with E-state index in [9.17, 15) is 23.3 Å². The fourth-order valence-corrected chi connectivity index (χ4v) is 2.18. The maximum Gasteiger partial charge on any atom is 0.350 e. The van der Waals surface area contributed by atoms with Crippen LogP contribution in [0.5, 0.6) is 0 Å². The number of nitrogen functional groups attached to an aromatic ring is 1. The van der Waals surface area contributed by atoms with E-state index in [1.807, 2.05) is 0 Å². The minimum atomic E-state index is -4.76. The Balaban J connectivity index is 2.47. The number of nitrogens with two attached hydrogens (primary N) is 1. The molecule has 12 nitrogen and oxygen atoms in total. The highest BCUT2D eigenvalue weighted by Crippen LogP contribution is 2.27. The van der Waals surface area contributed by atoms with Crippen molar-refractivity contribution in [3.63, 3.8) is 0 Å². The Morgan fingerprint density at radius 3 is 2.59 bits per heavy atom. The van der Waals surface area contributed by atoms with E-state index in [-0.39, 0.29) is 17.6 Å². The number of nitrogens with one attached hydrogen (secondary N) is 2. The van der Waals surface area contributed by atoms with Crippen LogP contribution >= 0.6 is 0 Å². The highest BCUT2D eigenvalue weighted by molar-refractivity contribution is 7.86. The largest absolute Gasteiger partial charge is 0.369 e. The molecule has 1 aromatic carbocycles. The predicted octanol–water partition coefficient (Wildman–Crippen LogP) is -0.354. The topological polar surface area (TPSA) is 194 Å². The molecule has 0 radical (unpaired) electrons. The Morgan fingerprint density at radius 1 is 1.36 bits per heavy atom. The average Bonchev–Trinajstić information content (AvgIpc) is 2.35. The molecule has 0 saturated heterocycles. The first-order chi connectivity index (χ1) is 10.2. The minimum Gasteiger partial charge on any atom is -0.369 e. The summed E-state index contributed by atoms with van der Waals surface area (Å²) in [6.07, 6.45) is 0. The Labute approximate surface area is 121 Å². The molecule has 0 aliphatic carbocycles. The van der Waals surface area contributed by atoms with E-state index in [1.54, 1.807) is 0 Å². The van der Waals surface area contributed by atoms with Crippen LogP contribution in [0, 0.1) is 10.1 Å². The fraction of sp³-hybridized carbons (Fsp3) is 0. The van der Waals surface area contributed by atoms with Crippen molar-refractivity contribution in [1.29, 1.82) is 0 Å². The number of hydrogen-bond acceptors (Lipinski definition) is 9. The molecule has 1 aromatic heterocycles. The van der Waals surface area contributed by atoms with Crippen LogP contribution in [0.1, 0.15) is 0 Å². The van der Waals surface area contributed by atoms with Gasteiger partial charge in [0.2, 0.25) is 11.9 Å². The molecular formula is C9H8N6O6S. The predicted molar refractivity (Wildman–Crippen MR) is 73.3 cm³/mol. The molecule has 0 fully saturated rings. The molecule has 22 heavy (non-hydrogen) atoms. The Bertz CT molecular complexity index is 907. The Kier molecular flexibility index (Phi) is 3.75. The summed E-state index contributed by atoms with van der Waals surface area (Å²) in [5, 5.41) is 13.3. The van der Waals surface area contributed by atoms with Crippen molar-refractivity contribution >= 4 is 33.4 Å². The van der Waals surface area contributed by atoms with Gasteiger partial charge < -0.3 is 11.1 Å². The quantitative estimate of drug-likeness (QED) is 0.327. The Morgan fingerprint density at radius 2 is 2.05 bits per heavy atom. The molecule has 116 valence electrons. The standard InChI is InChI=1S/C9H8N6O6S/c10-7-12-8(14-9(16)13-7)11-4-1-2-6(22(19,20)21)5(3-4)15(17)18/h1-3H,(H,19,20,21)(H4,10,11,12,13,14,16). The van der Waals surface area contributed by atoms with E-state index in [1.165, 1.54) is 0 Å². The lowest BCUT2D eigenvalue weighted by atomic mass is 10.3. The van der Waals surface area contributed by atoms with Gasteiger partial charge in [-0.05, 0) is 12.1 Å². The van der Waals surface area contributed by atoms with Gasteiger partial charge in [0, 0.05) is 11.8 Å². The molecule has 0 aliphatic heterocycles. The zero-order valence-corrected chi connectivity index (χ0v) is 11.4. The monoisotopic (exact) mass is 328 g/mol. The Hall–Kier alpha value is -3.06. The van der Waals surface area contributed by atoms with Gasteiger partial charge in [0.1, 0.15) is 0 Å². The van der Waals surface area contributed by atoms with E-state index in [0.29, 0.717) is 0 Å². The maximum atomic E-state index is 11.1.